The number of fused-ring (bicyclic) bond motifs is 1. The van der Waals surface area contributed by atoms with Crippen LogP contribution in [0, 0.1) is 13.8 Å². The second-order valence-electron chi connectivity index (χ2n) is 5.89. The first-order valence-corrected chi connectivity index (χ1v) is 7.71. The van der Waals surface area contributed by atoms with E-state index in [2.05, 4.69) is 9.97 Å². The zero-order valence-electron chi connectivity index (χ0n) is 13.3. The SMILES string of the molecule is Cc1nc(C)c(CC(=O)N2CCCc3c(N)cccc32)c(=O)[nH]1. The van der Waals surface area contributed by atoms with Gasteiger partial charge in [0.05, 0.1) is 6.42 Å². The molecule has 3 N–H and O–H groups in total. The zero-order valence-corrected chi connectivity index (χ0v) is 13.3. The predicted molar refractivity (Wildman–Crippen MR) is 89.6 cm³/mol. The standard InChI is InChI=1S/C17H20N4O2/c1-10-13(17(23)20-11(2)19-10)9-16(22)21-8-4-5-12-14(18)6-3-7-15(12)21/h3,6-7H,4-5,8-9,18H2,1-2H3,(H,19,20,23). The Morgan fingerprint density at radius 2 is 2.17 bits per heavy atom. The van der Waals surface area contributed by atoms with Gasteiger partial charge in [-0.1, -0.05) is 6.07 Å². The number of anilines is 2. The molecule has 0 saturated carbocycles. The van der Waals surface area contributed by atoms with Gasteiger partial charge in [-0.2, -0.15) is 0 Å². The van der Waals surface area contributed by atoms with E-state index in [9.17, 15) is 9.59 Å². The third-order valence-electron chi connectivity index (χ3n) is 4.26. The van der Waals surface area contributed by atoms with Gasteiger partial charge in [-0.25, -0.2) is 4.98 Å². The van der Waals surface area contributed by atoms with Crippen molar-refractivity contribution in [1.29, 1.82) is 0 Å². The second kappa shape index (κ2) is 5.87. The first-order chi connectivity index (χ1) is 11.0. The van der Waals surface area contributed by atoms with Crippen LogP contribution in [0.15, 0.2) is 23.0 Å². The van der Waals surface area contributed by atoms with Crippen molar-refractivity contribution in [3.63, 3.8) is 0 Å². The smallest absolute Gasteiger partial charge is 0.254 e. The van der Waals surface area contributed by atoms with Gasteiger partial charge in [0, 0.05) is 29.2 Å². The predicted octanol–water partition coefficient (Wildman–Crippen LogP) is 1.49. The molecule has 1 aromatic carbocycles. The monoisotopic (exact) mass is 312 g/mol. The van der Waals surface area contributed by atoms with Crippen LogP contribution in [-0.2, 0) is 17.6 Å². The van der Waals surface area contributed by atoms with Gasteiger partial charge in [0.25, 0.3) is 5.56 Å². The summed E-state index contributed by atoms with van der Waals surface area (Å²) in [7, 11) is 0. The maximum absolute atomic E-state index is 12.7. The molecule has 0 spiro atoms. The molecule has 0 atom stereocenters. The van der Waals surface area contributed by atoms with Crippen LogP contribution in [0.3, 0.4) is 0 Å². The molecule has 0 unspecified atom stereocenters. The van der Waals surface area contributed by atoms with E-state index in [4.69, 9.17) is 5.73 Å². The van der Waals surface area contributed by atoms with Gasteiger partial charge < -0.3 is 15.6 Å². The van der Waals surface area contributed by atoms with Crippen molar-refractivity contribution in [2.24, 2.45) is 0 Å². The number of aromatic amines is 1. The molecule has 23 heavy (non-hydrogen) atoms. The Balaban J connectivity index is 1.92. The summed E-state index contributed by atoms with van der Waals surface area (Å²) in [6.07, 6.45) is 1.79. The molecule has 120 valence electrons. The minimum absolute atomic E-state index is 0.0443. The number of nitrogens with two attached hydrogens (primary N) is 1. The summed E-state index contributed by atoms with van der Waals surface area (Å²) >= 11 is 0. The van der Waals surface area contributed by atoms with Crippen LogP contribution in [-0.4, -0.2) is 22.4 Å². The number of nitrogens with one attached hydrogen (secondary N) is 1. The third-order valence-corrected chi connectivity index (χ3v) is 4.26. The third kappa shape index (κ3) is 2.84. The minimum atomic E-state index is -0.242. The number of aryl methyl sites for hydroxylation is 2. The molecule has 0 fully saturated rings. The van der Waals surface area contributed by atoms with E-state index >= 15 is 0 Å². The average molecular weight is 312 g/mol. The lowest BCUT2D eigenvalue weighted by Crippen LogP contribution is -2.38. The fraction of sp³-hybridized carbons (Fsp3) is 0.353. The number of rotatable bonds is 2. The number of carbonyl (C=O) groups excluding carboxylic acids is 1. The van der Waals surface area contributed by atoms with E-state index < -0.39 is 0 Å². The van der Waals surface area contributed by atoms with Crippen molar-refractivity contribution in [2.45, 2.75) is 33.1 Å². The fourth-order valence-corrected chi connectivity index (χ4v) is 3.12. The highest BCUT2D eigenvalue weighted by Gasteiger charge is 2.25. The molecular weight excluding hydrogens is 292 g/mol. The van der Waals surface area contributed by atoms with Crippen molar-refractivity contribution in [2.75, 3.05) is 17.2 Å². The number of carbonyl (C=O) groups is 1. The maximum atomic E-state index is 12.7. The number of amides is 1. The van der Waals surface area contributed by atoms with Crippen LogP contribution in [0.1, 0.15) is 29.1 Å². The van der Waals surface area contributed by atoms with E-state index in [0.717, 1.165) is 24.1 Å². The molecule has 1 aromatic heterocycles. The Morgan fingerprint density at radius 1 is 1.39 bits per heavy atom. The first-order valence-electron chi connectivity index (χ1n) is 7.71. The molecule has 3 rings (SSSR count). The van der Waals surface area contributed by atoms with Crippen LogP contribution in [0.2, 0.25) is 0 Å². The minimum Gasteiger partial charge on any atom is -0.398 e. The lowest BCUT2D eigenvalue weighted by atomic mass is 9.99. The van der Waals surface area contributed by atoms with E-state index in [0.29, 0.717) is 29.3 Å². The molecule has 0 aliphatic carbocycles. The zero-order chi connectivity index (χ0) is 16.6. The Morgan fingerprint density at radius 3 is 2.91 bits per heavy atom. The second-order valence-corrected chi connectivity index (χ2v) is 5.89. The van der Waals surface area contributed by atoms with Gasteiger partial charge in [-0.3, -0.25) is 9.59 Å². The van der Waals surface area contributed by atoms with Crippen molar-refractivity contribution in [1.82, 2.24) is 9.97 Å². The highest BCUT2D eigenvalue weighted by molar-refractivity contribution is 5.96. The van der Waals surface area contributed by atoms with E-state index in [1.807, 2.05) is 18.2 Å². The number of aromatic nitrogens is 2. The molecule has 2 heterocycles. The molecule has 1 aliphatic rings. The molecule has 1 amide bonds. The molecular formula is C17H20N4O2. The van der Waals surface area contributed by atoms with Crippen LogP contribution in [0.4, 0.5) is 11.4 Å². The summed E-state index contributed by atoms with van der Waals surface area (Å²) in [6.45, 7) is 4.13. The Kier molecular flexibility index (Phi) is 3.90. The first kappa shape index (κ1) is 15.3. The van der Waals surface area contributed by atoms with Gasteiger partial charge in [-0.05, 0) is 44.4 Å². The van der Waals surface area contributed by atoms with Crippen molar-refractivity contribution in [3.05, 3.63) is 51.2 Å². The summed E-state index contributed by atoms with van der Waals surface area (Å²) in [5.74, 6) is 0.454. The lowest BCUT2D eigenvalue weighted by Gasteiger charge is -2.30. The highest BCUT2D eigenvalue weighted by atomic mass is 16.2. The molecule has 1 aliphatic heterocycles. The van der Waals surface area contributed by atoms with Crippen molar-refractivity contribution < 1.29 is 4.79 Å². The van der Waals surface area contributed by atoms with Crippen molar-refractivity contribution in [3.8, 4) is 0 Å². The Labute approximate surface area is 134 Å². The number of hydrogen-bond donors (Lipinski definition) is 2. The van der Waals surface area contributed by atoms with E-state index in [-0.39, 0.29) is 17.9 Å². The quantitative estimate of drug-likeness (QED) is 0.822. The molecule has 0 bridgehead atoms. The topological polar surface area (TPSA) is 92.1 Å². The van der Waals surface area contributed by atoms with Crippen molar-refractivity contribution >= 4 is 17.3 Å². The summed E-state index contributed by atoms with van der Waals surface area (Å²) in [5.41, 5.74) is 9.39. The maximum Gasteiger partial charge on any atom is 0.254 e. The van der Waals surface area contributed by atoms with Gasteiger partial charge in [-0.15, -0.1) is 0 Å². The summed E-state index contributed by atoms with van der Waals surface area (Å²) in [4.78, 5) is 33.5. The number of nitrogen functional groups attached to an aromatic ring is 1. The van der Waals surface area contributed by atoms with Gasteiger partial charge in [0.2, 0.25) is 5.91 Å². The fourth-order valence-electron chi connectivity index (χ4n) is 3.12. The molecule has 6 nitrogen and oxygen atoms in total. The Hall–Kier alpha value is -2.63. The van der Waals surface area contributed by atoms with E-state index in [1.54, 1.807) is 18.7 Å². The summed E-state index contributed by atoms with van der Waals surface area (Å²) < 4.78 is 0. The molecule has 0 saturated heterocycles. The van der Waals surface area contributed by atoms with Crippen LogP contribution in [0.5, 0.6) is 0 Å². The van der Waals surface area contributed by atoms with Gasteiger partial charge in [0.1, 0.15) is 5.82 Å². The highest BCUT2D eigenvalue weighted by Crippen LogP contribution is 2.31. The number of hydrogen-bond acceptors (Lipinski definition) is 4. The lowest BCUT2D eigenvalue weighted by molar-refractivity contribution is -0.118. The average Bonchev–Trinajstić information content (AvgIpc) is 2.50. The largest absolute Gasteiger partial charge is 0.398 e. The number of benzene rings is 1. The van der Waals surface area contributed by atoms with Crippen LogP contribution < -0.4 is 16.2 Å². The number of H-pyrrole nitrogens is 1. The summed E-state index contributed by atoms with van der Waals surface area (Å²) in [5, 5.41) is 0. The van der Waals surface area contributed by atoms with E-state index in [1.165, 1.54) is 0 Å². The normalized spacial score (nSPS) is 13.7. The van der Waals surface area contributed by atoms with Crippen LogP contribution >= 0.6 is 0 Å². The molecule has 6 heteroatoms. The number of nitrogens with zero attached hydrogens (tertiary/aromatic N) is 2. The Bertz CT molecular complexity index is 826. The van der Waals surface area contributed by atoms with Crippen LogP contribution in [0.25, 0.3) is 0 Å². The molecule has 0 radical (unpaired) electrons. The van der Waals surface area contributed by atoms with Gasteiger partial charge in [0.15, 0.2) is 0 Å². The van der Waals surface area contributed by atoms with Gasteiger partial charge >= 0.3 is 0 Å². The molecule has 2 aromatic rings. The summed E-state index contributed by atoms with van der Waals surface area (Å²) in [6, 6.07) is 5.62.